The Hall–Kier alpha value is -0.890. The van der Waals surface area contributed by atoms with Gasteiger partial charge in [0.1, 0.15) is 5.82 Å². The standard InChI is InChI=1S/C15H21FO/c1-10-7-11(9-12(16)8-10)14(17)13-5-4-6-15(13,2)3/h7-9,13-14,17H,4-6H2,1-3H3. The highest BCUT2D eigenvalue weighted by Gasteiger charge is 2.39. The molecule has 2 rings (SSSR count). The Kier molecular flexibility index (Phi) is 3.26. The highest BCUT2D eigenvalue weighted by atomic mass is 19.1. The van der Waals surface area contributed by atoms with Gasteiger partial charge in [0, 0.05) is 0 Å². The molecule has 1 saturated carbocycles. The fraction of sp³-hybridized carbons (Fsp3) is 0.600. The minimum Gasteiger partial charge on any atom is -0.388 e. The molecule has 0 bridgehead atoms. The second-order valence-corrected chi connectivity index (χ2v) is 5.99. The first-order chi connectivity index (χ1) is 7.90. The van der Waals surface area contributed by atoms with Gasteiger partial charge in [-0.25, -0.2) is 4.39 Å². The molecule has 17 heavy (non-hydrogen) atoms. The lowest BCUT2D eigenvalue weighted by Gasteiger charge is -2.31. The minimum absolute atomic E-state index is 0.152. The van der Waals surface area contributed by atoms with Gasteiger partial charge in [-0.1, -0.05) is 26.3 Å². The largest absolute Gasteiger partial charge is 0.388 e. The number of benzene rings is 1. The summed E-state index contributed by atoms with van der Waals surface area (Å²) in [6, 6.07) is 4.85. The summed E-state index contributed by atoms with van der Waals surface area (Å²) in [5.41, 5.74) is 1.75. The van der Waals surface area contributed by atoms with E-state index in [0.717, 1.165) is 30.4 Å². The Morgan fingerprint density at radius 2 is 2.06 bits per heavy atom. The van der Waals surface area contributed by atoms with Gasteiger partial charge >= 0.3 is 0 Å². The Morgan fingerprint density at radius 3 is 2.59 bits per heavy atom. The minimum atomic E-state index is -0.540. The van der Waals surface area contributed by atoms with Crippen LogP contribution in [0.2, 0.25) is 0 Å². The Bertz CT molecular complexity index is 391. The number of aliphatic hydroxyl groups excluding tert-OH is 1. The molecule has 1 aliphatic carbocycles. The van der Waals surface area contributed by atoms with Gasteiger partial charge in [0.2, 0.25) is 0 Å². The van der Waals surface area contributed by atoms with Crippen molar-refractivity contribution < 1.29 is 9.50 Å². The maximum Gasteiger partial charge on any atom is 0.123 e. The fourth-order valence-electron chi connectivity index (χ4n) is 3.11. The Morgan fingerprint density at radius 1 is 1.35 bits per heavy atom. The third-order valence-electron chi connectivity index (χ3n) is 4.13. The van der Waals surface area contributed by atoms with Crippen LogP contribution in [0.1, 0.15) is 50.3 Å². The molecule has 2 unspecified atom stereocenters. The van der Waals surface area contributed by atoms with Gasteiger partial charge in [-0.15, -0.1) is 0 Å². The molecule has 94 valence electrons. The van der Waals surface area contributed by atoms with E-state index in [-0.39, 0.29) is 17.2 Å². The van der Waals surface area contributed by atoms with Crippen LogP contribution in [-0.2, 0) is 0 Å². The molecule has 1 N–H and O–H groups in total. The van der Waals surface area contributed by atoms with E-state index in [2.05, 4.69) is 13.8 Å². The molecule has 0 spiro atoms. The number of aliphatic hydroxyl groups is 1. The maximum atomic E-state index is 13.4. The monoisotopic (exact) mass is 236 g/mol. The van der Waals surface area contributed by atoms with Crippen molar-refractivity contribution >= 4 is 0 Å². The van der Waals surface area contributed by atoms with E-state index in [0.29, 0.717) is 0 Å². The predicted molar refractivity (Wildman–Crippen MR) is 67.2 cm³/mol. The first kappa shape index (κ1) is 12.6. The van der Waals surface area contributed by atoms with Gasteiger partial charge in [-0.3, -0.25) is 0 Å². The normalized spacial score (nSPS) is 24.9. The van der Waals surface area contributed by atoms with Gasteiger partial charge in [0.05, 0.1) is 6.10 Å². The first-order valence-corrected chi connectivity index (χ1v) is 6.35. The summed E-state index contributed by atoms with van der Waals surface area (Å²) in [6.07, 6.45) is 2.79. The number of aryl methyl sites for hydroxylation is 1. The summed E-state index contributed by atoms with van der Waals surface area (Å²) < 4.78 is 13.4. The molecule has 0 heterocycles. The van der Waals surface area contributed by atoms with Crippen molar-refractivity contribution in [3.8, 4) is 0 Å². The summed E-state index contributed by atoms with van der Waals surface area (Å²) in [5.74, 6) is -0.0152. The van der Waals surface area contributed by atoms with Gasteiger partial charge in [0.25, 0.3) is 0 Å². The summed E-state index contributed by atoms with van der Waals surface area (Å²) in [4.78, 5) is 0. The predicted octanol–water partition coefficient (Wildman–Crippen LogP) is 3.99. The fourth-order valence-corrected chi connectivity index (χ4v) is 3.11. The quantitative estimate of drug-likeness (QED) is 0.823. The molecule has 0 saturated heterocycles. The summed E-state index contributed by atoms with van der Waals surface area (Å²) >= 11 is 0. The third-order valence-corrected chi connectivity index (χ3v) is 4.13. The number of hydrogen-bond acceptors (Lipinski definition) is 1. The molecule has 1 aromatic carbocycles. The molecule has 0 amide bonds. The van der Waals surface area contributed by atoms with Crippen LogP contribution in [-0.4, -0.2) is 5.11 Å². The van der Waals surface area contributed by atoms with E-state index in [1.54, 1.807) is 0 Å². The number of rotatable bonds is 2. The SMILES string of the molecule is Cc1cc(F)cc(C(O)C2CCCC2(C)C)c1. The maximum absolute atomic E-state index is 13.4. The highest BCUT2D eigenvalue weighted by molar-refractivity contribution is 5.26. The zero-order chi connectivity index (χ0) is 12.6. The van der Waals surface area contributed by atoms with Crippen LogP contribution >= 0.6 is 0 Å². The molecule has 1 nitrogen and oxygen atoms in total. The van der Waals surface area contributed by atoms with E-state index in [1.807, 2.05) is 13.0 Å². The average molecular weight is 236 g/mol. The highest BCUT2D eigenvalue weighted by Crippen LogP contribution is 2.48. The smallest absolute Gasteiger partial charge is 0.123 e. The van der Waals surface area contributed by atoms with Gasteiger partial charge < -0.3 is 5.11 Å². The van der Waals surface area contributed by atoms with Crippen LogP contribution in [0.15, 0.2) is 18.2 Å². The van der Waals surface area contributed by atoms with Crippen molar-refractivity contribution in [2.75, 3.05) is 0 Å². The van der Waals surface area contributed by atoms with E-state index in [9.17, 15) is 9.50 Å². The van der Waals surface area contributed by atoms with Gasteiger partial charge in [-0.2, -0.15) is 0 Å². The lowest BCUT2D eigenvalue weighted by Crippen LogP contribution is -2.24. The first-order valence-electron chi connectivity index (χ1n) is 6.35. The van der Waals surface area contributed by atoms with Crippen LogP contribution in [0.3, 0.4) is 0 Å². The zero-order valence-electron chi connectivity index (χ0n) is 10.8. The van der Waals surface area contributed by atoms with E-state index in [1.165, 1.54) is 12.1 Å². The summed E-state index contributed by atoms with van der Waals surface area (Å²) in [6.45, 7) is 6.25. The molecule has 0 radical (unpaired) electrons. The topological polar surface area (TPSA) is 20.2 Å². The molecule has 1 aliphatic rings. The Balaban J connectivity index is 2.27. The summed E-state index contributed by atoms with van der Waals surface area (Å²) in [7, 11) is 0. The number of hydrogen-bond donors (Lipinski definition) is 1. The molecular formula is C15H21FO. The van der Waals surface area contributed by atoms with Crippen molar-refractivity contribution in [3.63, 3.8) is 0 Å². The molecule has 1 fully saturated rings. The van der Waals surface area contributed by atoms with Crippen LogP contribution in [0.4, 0.5) is 4.39 Å². The number of halogens is 1. The lowest BCUT2D eigenvalue weighted by atomic mass is 9.76. The lowest BCUT2D eigenvalue weighted by molar-refractivity contribution is 0.0529. The molecule has 1 aromatic rings. The average Bonchev–Trinajstić information content (AvgIpc) is 2.55. The molecule has 0 aromatic heterocycles. The van der Waals surface area contributed by atoms with Crippen molar-refractivity contribution in [3.05, 3.63) is 35.1 Å². The second-order valence-electron chi connectivity index (χ2n) is 5.99. The van der Waals surface area contributed by atoms with E-state index < -0.39 is 6.10 Å². The molecular weight excluding hydrogens is 215 g/mol. The second kappa shape index (κ2) is 4.41. The van der Waals surface area contributed by atoms with Crippen molar-refractivity contribution in [1.82, 2.24) is 0 Å². The molecule has 0 aliphatic heterocycles. The zero-order valence-corrected chi connectivity index (χ0v) is 10.8. The van der Waals surface area contributed by atoms with Gasteiger partial charge in [0.15, 0.2) is 0 Å². The van der Waals surface area contributed by atoms with Crippen molar-refractivity contribution in [1.29, 1.82) is 0 Å². The van der Waals surface area contributed by atoms with Crippen molar-refractivity contribution in [2.24, 2.45) is 11.3 Å². The van der Waals surface area contributed by atoms with Crippen LogP contribution in [0.5, 0.6) is 0 Å². The molecule has 2 atom stereocenters. The van der Waals surface area contributed by atoms with E-state index in [4.69, 9.17) is 0 Å². The van der Waals surface area contributed by atoms with E-state index >= 15 is 0 Å². The van der Waals surface area contributed by atoms with Crippen molar-refractivity contribution in [2.45, 2.75) is 46.1 Å². The third kappa shape index (κ3) is 2.52. The Labute approximate surface area is 103 Å². The van der Waals surface area contributed by atoms with Crippen LogP contribution < -0.4 is 0 Å². The van der Waals surface area contributed by atoms with Gasteiger partial charge in [-0.05, 0) is 54.4 Å². The molecule has 2 heteroatoms. The van der Waals surface area contributed by atoms with Crippen LogP contribution in [0, 0.1) is 24.1 Å². The summed E-state index contributed by atoms with van der Waals surface area (Å²) in [5, 5.41) is 10.4. The van der Waals surface area contributed by atoms with Crippen LogP contribution in [0.25, 0.3) is 0 Å².